The van der Waals surface area contributed by atoms with Gasteiger partial charge in [0.2, 0.25) is 0 Å². The van der Waals surface area contributed by atoms with Crippen LogP contribution in [0.15, 0.2) is 24.3 Å². The molecular weight excluding hydrogens is 312 g/mol. The molecular formula is C17H28N2O3S. The van der Waals surface area contributed by atoms with Crippen molar-refractivity contribution in [3.63, 3.8) is 0 Å². The van der Waals surface area contributed by atoms with Crippen molar-refractivity contribution < 1.29 is 14.3 Å². The molecule has 0 aliphatic heterocycles. The largest absolute Gasteiger partial charge is 0.492 e. The highest BCUT2D eigenvalue weighted by atomic mass is 32.2. The highest BCUT2D eigenvalue weighted by Gasteiger charge is 2.16. The van der Waals surface area contributed by atoms with Crippen molar-refractivity contribution in [2.45, 2.75) is 32.8 Å². The summed E-state index contributed by atoms with van der Waals surface area (Å²) in [5, 5.41) is 6.03. The van der Waals surface area contributed by atoms with Crippen LogP contribution in [-0.4, -0.2) is 43.4 Å². The summed E-state index contributed by atoms with van der Waals surface area (Å²) in [4.78, 5) is 11.7. The molecule has 0 saturated carbocycles. The third-order valence-electron chi connectivity index (χ3n) is 2.75. The molecule has 0 atom stereocenters. The molecule has 0 radical (unpaired) electrons. The third kappa shape index (κ3) is 10.1. The van der Waals surface area contributed by atoms with E-state index < -0.39 is 11.7 Å². The zero-order valence-corrected chi connectivity index (χ0v) is 15.3. The molecule has 23 heavy (non-hydrogen) atoms. The van der Waals surface area contributed by atoms with Crippen LogP contribution in [0.2, 0.25) is 0 Å². The molecule has 0 fully saturated rings. The predicted octanol–water partition coefficient (Wildman–Crippen LogP) is 3.76. The van der Waals surface area contributed by atoms with Crippen LogP contribution in [0.4, 0.5) is 10.5 Å². The maximum atomic E-state index is 11.7. The Kier molecular flexibility index (Phi) is 8.87. The van der Waals surface area contributed by atoms with Crippen molar-refractivity contribution in [3.8, 4) is 5.75 Å². The number of ether oxygens (including phenoxy) is 2. The zero-order chi connectivity index (χ0) is 17.1. The molecule has 1 amide bonds. The van der Waals surface area contributed by atoms with Gasteiger partial charge in [0.05, 0.1) is 0 Å². The lowest BCUT2D eigenvalue weighted by Gasteiger charge is -2.19. The second-order valence-electron chi connectivity index (χ2n) is 6.10. The van der Waals surface area contributed by atoms with E-state index in [1.807, 2.05) is 44.7 Å². The molecule has 0 saturated heterocycles. The van der Waals surface area contributed by atoms with Gasteiger partial charge in [0, 0.05) is 12.2 Å². The van der Waals surface area contributed by atoms with Gasteiger partial charge >= 0.3 is 6.09 Å². The van der Waals surface area contributed by atoms with E-state index in [1.165, 1.54) is 12.2 Å². The van der Waals surface area contributed by atoms with Gasteiger partial charge in [0.25, 0.3) is 0 Å². The number of amides is 1. The predicted molar refractivity (Wildman–Crippen MR) is 97.7 cm³/mol. The monoisotopic (exact) mass is 340 g/mol. The van der Waals surface area contributed by atoms with Gasteiger partial charge in [0.1, 0.15) is 18.0 Å². The topological polar surface area (TPSA) is 59.6 Å². The minimum absolute atomic E-state index is 0.458. The van der Waals surface area contributed by atoms with Gasteiger partial charge < -0.3 is 14.8 Å². The summed E-state index contributed by atoms with van der Waals surface area (Å²) < 4.78 is 10.8. The summed E-state index contributed by atoms with van der Waals surface area (Å²) in [6, 6.07) is 7.26. The van der Waals surface area contributed by atoms with Crippen LogP contribution in [0.3, 0.4) is 0 Å². The average molecular weight is 340 g/mol. The van der Waals surface area contributed by atoms with Crippen molar-refractivity contribution in [3.05, 3.63) is 24.3 Å². The van der Waals surface area contributed by atoms with Gasteiger partial charge in [-0.3, -0.25) is 5.32 Å². The van der Waals surface area contributed by atoms with Crippen molar-refractivity contribution in [1.82, 2.24) is 5.32 Å². The second kappa shape index (κ2) is 10.4. The van der Waals surface area contributed by atoms with Gasteiger partial charge in [0.15, 0.2) is 0 Å². The molecule has 0 aliphatic rings. The normalized spacial score (nSPS) is 11.1. The minimum Gasteiger partial charge on any atom is -0.492 e. The maximum absolute atomic E-state index is 11.7. The van der Waals surface area contributed by atoms with Gasteiger partial charge in [-0.2, -0.15) is 11.8 Å². The number of benzene rings is 1. The Hall–Kier alpha value is -1.40. The fraction of sp³-hybridized carbons (Fsp3) is 0.588. The molecule has 0 unspecified atom stereocenters. The zero-order valence-electron chi connectivity index (χ0n) is 14.5. The molecule has 0 aliphatic carbocycles. The standard InChI is InChI=1S/C17H28N2O3S/c1-17(2,3)22-16(20)19-14-6-8-15(9-7-14)21-12-11-18-10-5-13-23-4/h6-9,18H,5,10-13H2,1-4H3,(H,19,20). The minimum atomic E-state index is -0.504. The molecule has 1 aromatic rings. The first-order chi connectivity index (χ1) is 10.9. The Labute approximate surface area is 143 Å². The van der Waals surface area contributed by atoms with Crippen molar-refractivity contribution in [2.75, 3.05) is 37.0 Å². The Morgan fingerprint density at radius 1 is 1.17 bits per heavy atom. The van der Waals surface area contributed by atoms with Crippen LogP contribution in [0, 0.1) is 0 Å². The molecule has 0 bridgehead atoms. The smallest absolute Gasteiger partial charge is 0.412 e. The van der Waals surface area contributed by atoms with Crippen LogP contribution in [0.5, 0.6) is 5.75 Å². The number of carbonyl (C=O) groups is 1. The third-order valence-corrected chi connectivity index (χ3v) is 3.45. The van der Waals surface area contributed by atoms with E-state index in [1.54, 1.807) is 12.1 Å². The lowest BCUT2D eigenvalue weighted by atomic mass is 10.2. The van der Waals surface area contributed by atoms with E-state index in [-0.39, 0.29) is 0 Å². The summed E-state index contributed by atoms with van der Waals surface area (Å²) in [5.74, 6) is 1.96. The molecule has 1 rings (SSSR count). The average Bonchev–Trinajstić information content (AvgIpc) is 2.46. The lowest BCUT2D eigenvalue weighted by molar-refractivity contribution is 0.0636. The quantitative estimate of drug-likeness (QED) is 0.670. The summed E-state index contributed by atoms with van der Waals surface area (Å²) in [7, 11) is 0. The first kappa shape index (κ1) is 19.6. The Balaban J connectivity index is 2.24. The van der Waals surface area contributed by atoms with Crippen molar-refractivity contribution >= 4 is 23.5 Å². The van der Waals surface area contributed by atoms with Gasteiger partial charge in [-0.25, -0.2) is 4.79 Å². The van der Waals surface area contributed by atoms with Gasteiger partial charge in [-0.05, 0) is 70.0 Å². The lowest BCUT2D eigenvalue weighted by Crippen LogP contribution is -2.27. The molecule has 130 valence electrons. The summed E-state index contributed by atoms with van der Waals surface area (Å²) >= 11 is 1.86. The fourth-order valence-electron chi connectivity index (χ4n) is 1.76. The maximum Gasteiger partial charge on any atom is 0.412 e. The van der Waals surface area contributed by atoms with E-state index in [0.29, 0.717) is 12.3 Å². The van der Waals surface area contributed by atoms with E-state index in [0.717, 1.165) is 18.8 Å². The second-order valence-corrected chi connectivity index (χ2v) is 7.08. The van der Waals surface area contributed by atoms with Crippen LogP contribution >= 0.6 is 11.8 Å². The number of hydrogen-bond acceptors (Lipinski definition) is 5. The van der Waals surface area contributed by atoms with Crippen molar-refractivity contribution in [2.24, 2.45) is 0 Å². The van der Waals surface area contributed by atoms with E-state index in [2.05, 4.69) is 16.9 Å². The number of nitrogens with one attached hydrogen (secondary N) is 2. The number of hydrogen-bond donors (Lipinski definition) is 2. The summed E-state index contributed by atoms with van der Waals surface area (Å²) in [6.07, 6.45) is 2.83. The van der Waals surface area contributed by atoms with Crippen LogP contribution in [-0.2, 0) is 4.74 Å². The molecule has 0 spiro atoms. The SMILES string of the molecule is CSCCCNCCOc1ccc(NC(=O)OC(C)(C)C)cc1. The number of carbonyl (C=O) groups excluding carboxylic acids is 1. The summed E-state index contributed by atoms with van der Waals surface area (Å²) in [5.41, 5.74) is 0.178. The molecule has 1 aromatic carbocycles. The number of rotatable bonds is 9. The van der Waals surface area contributed by atoms with E-state index in [9.17, 15) is 4.79 Å². The van der Waals surface area contributed by atoms with Gasteiger partial charge in [-0.15, -0.1) is 0 Å². The highest BCUT2D eigenvalue weighted by molar-refractivity contribution is 7.98. The number of thioether (sulfide) groups is 1. The van der Waals surface area contributed by atoms with Crippen LogP contribution < -0.4 is 15.4 Å². The Morgan fingerprint density at radius 3 is 2.48 bits per heavy atom. The molecule has 2 N–H and O–H groups in total. The Bertz CT molecular complexity index is 458. The van der Waals surface area contributed by atoms with Gasteiger partial charge in [-0.1, -0.05) is 0 Å². The van der Waals surface area contributed by atoms with E-state index >= 15 is 0 Å². The Morgan fingerprint density at radius 2 is 1.87 bits per heavy atom. The first-order valence-corrected chi connectivity index (χ1v) is 9.22. The van der Waals surface area contributed by atoms with Crippen LogP contribution in [0.1, 0.15) is 27.2 Å². The highest BCUT2D eigenvalue weighted by Crippen LogP contribution is 2.16. The van der Waals surface area contributed by atoms with Crippen LogP contribution in [0.25, 0.3) is 0 Å². The number of anilines is 1. The molecule has 5 nitrogen and oxygen atoms in total. The molecule has 0 heterocycles. The first-order valence-electron chi connectivity index (χ1n) is 7.83. The fourth-order valence-corrected chi connectivity index (χ4v) is 2.20. The van der Waals surface area contributed by atoms with Crippen molar-refractivity contribution in [1.29, 1.82) is 0 Å². The molecule has 6 heteroatoms. The summed E-state index contributed by atoms with van der Waals surface area (Å²) in [6.45, 7) is 7.96. The molecule has 0 aromatic heterocycles. The van der Waals surface area contributed by atoms with E-state index in [4.69, 9.17) is 9.47 Å².